The molecule has 1 saturated carbocycles. The van der Waals surface area contributed by atoms with Crippen LogP contribution in [0, 0.1) is 17.8 Å². The van der Waals surface area contributed by atoms with Crippen molar-refractivity contribution in [2.75, 3.05) is 31.1 Å². The molecule has 1 aromatic heterocycles. The number of aliphatic hydroxyl groups is 1. The molecule has 0 unspecified atom stereocenters. The molecule has 7 heterocycles. The van der Waals surface area contributed by atoms with Crippen LogP contribution in [0.25, 0.3) is 10.9 Å². The van der Waals surface area contributed by atoms with Crippen molar-refractivity contribution >= 4 is 16.6 Å². The first-order valence-corrected chi connectivity index (χ1v) is 16.8. The van der Waals surface area contributed by atoms with Crippen LogP contribution in [0.3, 0.4) is 0 Å². The van der Waals surface area contributed by atoms with E-state index in [-0.39, 0.29) is 17.3 Å². The molecule has 6 aliphatic heterocycles. The summed E-state index contributed by atoms with van der Waals surface area (Å²) in [4.78, 5) is 12.0. The van der Waals surface area contributed by atoms with Gasteiger partial charge in [-0.15, -0.1) is 0 Å². The van der Waals surface area contributed by atoms with Gasteiger partial charge in [0.1, 0.15) is 0 Å². The molecule has 220 valence electrons. The maximum atomic E-state index is 12.7. The number of anilines is 1. The number of benzene rings is 2. The summed E-state index contributed by atoms with van der Waals surface area (Å²) in [6.45, 7) is 8.78. The number of rotatable bonds is 1. The molecule has 2 N–H and O–H groups in total. The largest absolute Gasteiger partial charge is 0.388 e. The summed E-state index contributed by atoms with van der Waals surface area (Å²) in [7, 11) is 0. The van der Waals surface area contributed by atoms with Crippen LogP contribution in [0.4, 0.5) is 5.69 Å². The van der Waals surface area contributed by atoms with Gasteiger partial charge in [-0.2, -0.15) is 0 Å². The van der Waals surface area contributed by atoms with Crippen molar-refractivity contribution in [2.24, 2.45) is 17.8 Å². The van der Waals surface area contributed by atoms with Crippen LogP contribution < -0.4 is 4.90 Å². The topological polar surface area (TPSA) is 45.7 Å². The maximum Gasteiger partial charge on any atom is 0.0827 e. The molecule has 0 amide bonds. The number of para-hydroxylation sites is 2. The molecule has 5 heteroatoms. The van der Waals surface area contributed by atoms with E-state index in [2.05, 4.69) is 100 Å². The van der Waals surface area contributed by atoms with Gasteiger partial charge in [0.25, 0.3) is 0 Å². The molecule has 1 aliphatic carbocycles. The quantitative estimate of drug-likeness (QED) is 0.348. The van der Waals surface area contributed by atoms with Gasteiger partial charge >= 0.3 is 0 Å². The average Bonchev–Trinajstić information content (AvgIpc) is 3.72. The van der Waals surface area contributed by atoms with Crippen molar-refractivity contribution in [1.82, 2.24) is 14.8 Å². The van der Waals surface area contributed by atoms with Gasteiger partial charge in [0.15, 0.2) is 0 Å². The van der Waals surface area contributed by atoms with Crippen molar-refractivity contribution in [1.29, 1.82) is 0 Å². The normalized spacial score (nSPS) is 39.6. The van der Waals surface area contributed by atoms with E-state index < -0.39 is 6.10 Å². The number of aromatic amines is 1. The van der Waals surface area contributed by atoms with Gasteiger partial charge in [0.2, 0.25) is 0 Å². The van der Waals surface area contributed by atoms with Gasteiger partial charge in [-0.1, -0.05) is 59.7 Å². The monoisotopic (exact) mass is 570 g/mol. The third kappa shape index (κ3) is 3.04. The summed E-state index contributed by atoms with van der Waals surface area (Å²) in [6, 6.07) is 19.4. The lowest BCUT2D eigenvalue weighted by Gasteiger charge is -2.59. The van der Waals surface area contributed by atoms with E-state index in [0.29, 0.717) is 24.0 Å². The fourth-order valence-electron chi connectivity index (χ4n) is 11.5. The van der Waals surface area contributed by atoms with Crippen molar-refractivity contribution < 1.29 is 5.11 Å². The number of H-pyrrole nitrogens is 1. The third-order valence-corrected chi connectivity index (χ3v) is 13.2. The minimum absolute atomic E-state index is 0.120. The first-order valence-electron chi connectivity index (χ1n) is 16.8. The molecular formula is C38H42N4O. The summed E-state index contributed by atoms with van der Waals surface area (Å²) in [5.74, 6) is 0.919. The lowest BCUT2D eigenvalue weighted by molar-refractivity contribution is -0.0147. The number of hydrogen-bond donors (Lipinski definition) is 2. The van der Waals surface area contributed by atoms with Gasteiger partial charge in [-0.25, -0.2) is 0 Å². The molecule has 43 heavy (non-hydrogen) atoms. The first kappa shape index (κ1) is 25.2. The average molecular weight is 571 g/mol. The number of nitrogens with one attached hydrogen (secondary N) is 1. The van der Waals surface area contributed by atoms with E-state index in [9.17, 15) is 5.11 Å². The van der Waals surface area contributed by atoms with E-state index in [1.165, 1.54) is 58.4 Å². The zero-order chi connectivity index (χ0) is 28.6. The Labute approximate surface area is 254 Å². The van der Waals surface area contributed by atoms with Crippen molar-refractivity contribution in [3.05, 3.63) is 100 Å². The van der Waals surface area contributed by atoms with E-state index in [1.807, 2.05) is 0 Å². The van der Waals surface area contributed by atoms with Crippen LogP contribution in [0.1, 0.15) is 56.0 Å². The first-order chi connectivity index (χ1) is 21.1. The zero-order valence-electron chi connectivity index (χ0n) is 25.3. The lowest BCUT2D eigenvalue weighted by atomic mass is 9.52. The number of fused-ring (bicyclic) bond motifs is 9. The van der Waals surface area contributed by atoms with E-state index in [1.54, 1.807) is 11.1 Å². The number of hydrogen-bond acceptors (Lipinski definition) is 4. The molecule has 0 radical (unpaired) electrons. The van der Waals surface area contributed by atoms with Crippen LogP contribution in [-0.4, -0.2) is 64.3 Å². The molecule has 1 spiro atoms. The molecular weight excluding hydrogens is 528 g/mol. The summed E-state index contributed by atoms with van der Waals surface area (Å²) >= 11 is 0. The molecule has 4 fully saturated rings. The summed E-state index contributed by atoms with van der Waals surface area (Å²) in [6.07, 6.45) is 11.3. The van der Waals surface area contributed by atoms with Crippen LogP contribution in [0.5, 0.6) is 0 Å². The highest BCUT2D eigenvalue weighted by Crippen LogP contribution is 2.66. The number of allylic oxidation sites excluding steroid dienone is 2. The van der Waals surface area contributed by atoms with Crippen LogP contribution in [0.15, 0.2) is 83.6 Å². The minimum Gasteiger partial charge on any atom is -0.388 e. The van der Waals surface area contributed by atoms with Crippen molar-refractivity contribution in [3.63, 3.8) is 0 Å². The maximum absolute atomic E-state index is 12.7. The number of aromatic nitrogens is 1. The molecule has 2 bridgehead atoms. The summed E-state index contributed by atoms with van der Waals surface area (Å²) in [5, 5.41) is 14.1. The number of aliphatic hydroxyl groups excluding tert-OH is 1. The second-order valence-corrected chi connectivity index (χ2v) is 14.5. The Kier molecular flexibility index (Phi) is 5.13. The predicted molar refractivity (Wildman–Crippen MR) is 172 cm³/mol. The van der Waals surface area contributed by atoms with Gasteiger partial charge in [0.05, 0.1) is 18.2 Å². The van der Waals surface area contributed by atoms with Gasteiger partial charge in [-0.05, 0) is 80.8 Å². The fourth-order valence-corrected chi connectivity index (χ4v) is 11.5. The lowest BCUT2D eigenvalue weighted by Crippen LogP contribution is -2.67. The van der Waals surface area contributed by atoms with E-state index in [0.717, 1.165) is 32.5 Å². The van der Waals surface area contributed by atoms with Crippen molar-refractivity contribution in [2.45, 2.75) is 69.2 Å². The Hall–Kier alpha value is -3.12. The van der Waals surface area contributed by atoms with Gasteiger partial charge < -0.3 is 15.0 Å². The Bertz CT molecular complexity index is 1760. The highest BCUT2D eigenvalue weighted by molar-refractivity contribution is 5.85. The molecule has 5 nitrogen and oxygen atoms in total. The molecule has 3 saturated heterocycles. The highest BCUT2D eigenvalue weighted by atomic mass is 16.3. The second kappa shape index (κ2) is 8.74. The Morgan fingerprint density at radius 2 is 1.74 bits per heavy atom. The zero-order valence-corrected chi connectivity index (χ0v) is 25.3. The van der Waals surface area contributed by atoms with Crippen LogP contribution >= 0.6 is 0 Å². The molecule has 7 aliphatic rings. The van der Waals surface area contributed by atoms with E-state index in [4.69, 9.17) is 0 Å². The predicted octanol–water partition coefficient (Wildman–Crippen LogP) is 6.09. The Morgan fingerprint density at radius 3 is 2.63 bits per heavy atom. The fraction of sp³-hybridized carbons (Fsp3) is 0.474. The summed E-state index contributed by atoms with van der Waals surface area (Å²) in [5.41, 5.74) is 11.6. The summed E-state index contributed by atoms with van der Waals surface area (Å²) < 4.78 is 0. The third-order valence-electron chi connectivity index (χ3n) is 13.2. The molecule has 3 aromatic rings. The van der Waals surface area contributed by atoms with Crippen molar-refractivity contribution in [3.8, 4) is 0 Å². The minimum atomic E-state index is -0.419. The van der Waals surface area contributed by atoms with E-state index >= 15 is 0 Å². The highest BCUT2D eigenvalue weighted by Gasteiger charge is 2.69. The second-order valence-electron chi connectivity index (χ2n) is 14.5. The van der Waals surface area contributed by atoms with Crippen LogP contribution in [0.2, 0.25) is 0 Å². The molecule has 10 rings (SSSR count). The Balaban J connectivity index is 1.12. The SMILES string of the molecule is CC=C1CN2CCc3c([nH]c4ccccc34)[C@@H]2C[C@@H]1C1=CN2c3ccccc3[C@]34CCN5CC(=CC)[C@H](C[C@H]53)[C@@H]([C@@H]1O)[C@H]24. The molecule has 2 aromatic carbocycles. The van der Waals surface area contributed by atoms with Crippen LogP contribution in [-0.2, 0) is 11.8 Å². The van der Waals surface area contributed by atoms with Gasteiger partial charge in [0, 0.05) is 71.4 Å². The number of piperidine rings is 2. The van der Waals surface area contributed by atoms with Gasteiger partial charge in [-0.3, -0.25) is 9.80 Å². The Morgan fingerprint density at radius 1 is 0.930 bits per heavy atom. The molecule has 8 atom stereocenters. The standard InChI is InChI=1S/C38H42N4O/c1-3-22-19-40-15-13-25-24-9-5-7-11-30(24)39-35(25)32(40)17-26(22)28-21-42-31-12-8-6-10-29(31)38-14-16-41-20-23(4-2)27(18-33(38)41)34(36(28)43)37(38)42/h3-12,21,26-27,32-34,36-37,39,43H,13-20H2,1-2H3/t26-,27-,32-,33-,34-,36+,37-,38+/m0/s1. The number of nitrogens with zero attached hydrogens (tertiary/aromatic N) is 3. The smallest absolute Gasteiger partial charge is 0.0827 e.